The third-order valence-corrected chi connectivity index (χ3v) is 7.92. The van der Waals surface area contributed by atoms with E-state index in [4.69, 9.17) is 16.2 Å². The summed E-state index contributed by atoms with van der Waals surface area (Å²) in [5.41, 5.74) is 12.5. The van der Waals surface area contributed by atoms with Crippen molar-refractivity contribution in [1.82, 2.24) is 9.62 Å². The minimum Gasteiger partial charge on any atom is -0.497 e. The Bertz CT molecular complexity index is 1500. The van der Waals surface area contributed by atoms with Crippen molar-refractivity contribution in [2.24, 2.45) is 16.5 Å². The van der Waals surface area contributed by atoms with Crippen LogP contribution in [0.5, 0.6) is 5.75 Å². The second-order valence-corrected chi connectivity index (χ2v) is 10.7. The van der Waals surface area contributed by atoms with E-state index in [9.17, 15) is 23.1 Å². The van der Waals surface area contributed by atoms with E-state index in [1.165, 1.54) is 17.0 Å². The van der Waals surface area contributed by atoms with Crippen LogP contribution in [0.25, 0.3) is 10.8 Å². The summed E-state index contributed by atoms with van der Waals surface area (Å²) in [6, 6.07) is 14.6. The summed E-state index contributed by atoms with van der Waals surface area (Å²) in [4.78, 5) is 30.8. The van der Waals surface area contributed by atoms with Gasteiger partial charge in [0.15, 0.2) is 5.96 Å². The van der Waals surface area contributed by atoms with Crippen LogP contribution in [-0.4, -0.2) is 62.0 Å². The fourth-order valence-corrected chi connectivity index (χ4v) is 5.74. The highest BCUT2D eigenvalue weighted by Gasteiger charge is 2.38. The fraction of sp³-hybridized carbons (Fsp3) is 0.269. The van der Waals surface area contributed by atoms with Crippen LogP contribution in [-0.2, 0) is 32.6 Å². The first kappa shape index (κ1) is 26.9. The summed E-state index contributed by atoms with van der Waals surface area (Å²) < 4.78 is 34.5. The van der Waals surface area contributed by atoms with Gasteiger partial charge in [-0.1, -0.05) is 36.4 Å². The molecule has 6 N–H and O–H groups in total. The summed E-state index contributed by atoms with van der Waals surface area (Å²) >= 11 is 0. The van der Waals surface area contributed by atoms with Crippen LogP contribution in [0.3, 0.4) is 0 Å². The number of nitrogens with zero attached hydrogens (tertiary/aromatic N) is 2. The Morgan fingerprint density at radius 3 is 2.47 bits per heavy atom. The van der Waals surface area contributed by atoms with Crippen LogP contribution in [0.15, 0.2) is 70.6 Å². The molecule has 1 aliphatic heterocycles. The number of methoxy groups -OCH3 is 1. The second kappa shape index (κ2) is 11.1. The zero-order valence-electron chi connectivity index (χ0n) is 20.7. The molecule has 1 aliphatic rings. The van der Waals surface area contributed by atoms with Gasteiger partial charge < -0.3 is 26.2 Å². The molecular weight excluding hydrogens is 510 g/mol. The van der Waals surface area contributed by atoms with Crippen molar-refractivity contribution < 1.29 is 27.9 Å². The van der Waals surface area contributed by atoms with E-state index in [-0.39, 0.29) is 36.8 Å². The van der Waals surface area contributed by atoms with E-state index in [2.05, 4.69) is 9.71 Å². The molecule has 0 aromatic heterocycles. The van der Waals surface area contributed by atoms with Crippen LogP contribution in [0.4, 0.5) is 0 Å². The summed E-state index contributed by atoms with van der Waals surface area (Å²) in [6.07, 6.45) is 0.0317. The number of carboxylic acid groups (broad SMARTS) is 1. The van der Waals surface area contributed by atoms with Crippen LogP contribution < -0.4 is 20.9 Å². The van der Waals surface area contributed by atoms with Gasteiger partial charge in [0.25, 0.3) is 0 Å². The summed E-state index contributed by atoms with van der Waals surface area (Å²) in [5.74, 6) is -1.43. The average Bonchev–Trinajstić information content (AvgIpc) is 2.90. The summed E-state index contributed by atoms with van der Waals surface area (Å²) in [6.45, 7) is -0.00869. The predicted molar refractivity (Wildman–Crippen MR) is 142 cm³/mol. The molecule has 0 fully saturated rings. The maximum Gasteiger partial charge on any atom is 0.326 e. The molecule has 4 rings (SSSR count). The standard InChI is InChI=1S/C26H29N5O6S/c1-37-20-8-6-18-13-21(9-7-17(18)12-20)38(35,36)30-22(10-11-29-26(27)28)24(32)31-15-19-5-3-2-4-16(19)14-23(31)25(33)34/h2-9,12-13,22-23,30H,10-11,14-15H2,1H3,(H,33,34)(H4,27,28,29)/t22-,23?/m0/s1. The molecule has 0 spiro atoms. The molecular formula is C26H29N5O6S. The van der Waals surface area contributed by atoms with Gasteiger partial charge in [0.1, 0.15) is 17.8 Å². The number of ether oxygens (including phenoxy) is 1. The number of hydrogen-bond acceptors (Lipinski definition) is 6. The van der Waals surface area contributed by atoms with Crippen molar-refractivity contribution in [1.29, 1.82) is 0 Å². The number of guanidine groups is 1. The van der Waals surface area contributed by atoms with E-state index < -0.39 is 34.0 Å². The van der Waals surface area contributed by atoms with Crippen LogP contribution >= 0.6 is 0 Å². The summed E-state index contributed by atoms with van der Waals surface area (Å²) in [5, 5.41) is 11.3. The van der Waals surface area contributed by atoms with Gasteiger partial charge in [-0.3, -0.25) is 9.79 Å². The van der Waals surface area contributed by atoms with Gasteiger partial charge in [-0.25, -0.2) is 13.2 Å². The number of aliphatic carboxylic acids is 1. The molecule has 38 heavy (non-hydrogen) atoms. The number of rotatable bonds is 9. The van der Waals surface area contributed by atoms with E-state index in [0.717, 1.165) is 16.5 Å². The molecule has 0 bridgehead atoms. The number of sulfonamides is 1. The highest BCUT2D eigenvalue weighted by Crippen LogP contribution is 2.26. The molecule has 0 saturated carbocycles. The van der Waals surface area contributed by atoms with E-state index in [1.807, 2.05) is 12.1 Å². The number of nitrogens with one attached hydrogen (secondary N) is 1. The van der Waals surface area contributed by atoms with Crippen molar-refractivity contribution in [2.75, 3.05) is 13.7 Å². The first-order valence-electron chi connectivity index (χ1n) is 11.8. The Balaban J connectivity index is 1.65. The number of nitrogens with two attached hydrogens (primary N) is 2. The zero-order valence-corrected chi connectivity index (χ0v) is 21.5. The number of fused-ring (bicyclic) bond motifs is 2. The molecule has 200 valence electrons. The van der Waals surface area contributed by atoms with Gasteiger partial charge in [0.2, 0.25) is 15.9 Å². The number of hydrogen-bond donors (Lipinski definition) is 4. The molecule has 0 radical (unpaired) electrons. The first-order valence-corrected chi connectivity index (χ1v) is 13.3. The Morgan fingerprint density at radius 1 is 1.11 bits per heavy atom. The van der Waals surface area contributed by atoms with Crippen molar-refractivity contribution >= 4 is 38.6 Å². The normalized spacial score (nSPS) is 15.9. The van der Waals surface area contributed by atoms with Crippen molar-refractivity contribution in [3.63, 3.8) is 0 Å². The molecule has 1 heterocycles. The molecule has 0 saturated heterocycles. The lowest BCUT2D eigenvalue weighted by Gasteiger charge is -2.36. The largest absolute Gasteiger partial charge is 0.497 e. The fourth-order valence-electron chi connectivity index (χ4n) is 4.48. The Morgan fingerprint density at radius 2 is 1.79 bits per heavy atom. The van der Waals surface area contributed by atoms with E-state index in [1.54, 1.807) is 43.5 Å². The molecule has 12 heteroatoms. The highest BCUT2D eigenvalue weighted by molar-refractivity contribution is 7.89. The van der Waals surface area contributed by atoms with Crippen molar-refractivity contribution in [3.8, 4) is 5.75 Å². The van der Waals surface area contributed by atoms with Crippen LogP contribution in [0.1, 0.15) is 17.5 Å². The lowest BCUT2D eigenvalue weighted by molar-refractivity contribution is -0.152. The number of benzene rings is 3. The maximum absolute atomic E-state index is 13.7. The number of carbonyl (C=O) groups is 2. The van der Waals surface area contributed by atoms with Gasteiger partial charge in [-0.05, 0) is 52.6 Å². The number of carboxylic acids is 1. The third-order valence-electron chi connectivity index (χ3n) is 6.45. The van der Waals surface area contributed by atoms with Crippen LogP contribution in [0.2, 0.25) is 0 Å². The molecule has 1 amide bonds. The zero-order chi connectivity index (χ0) is 27.4. The van der Waals surface area contributed by atoms with Gasteiger partial charge in [0.05, 0.1) is 12.0 Å². The number of amides is 1. The van der Waals surface area contributed by atoms with Gasteiger partial charge >= 0.3 is 5.97 Å². The Hall–Kier alpha value is -4.16. The first-order chi connectivity index (χ1) is 18.1. The molecule has 11 nitrogen and oxygen atoms in total. The van der Waals surface area contributed by atoms with Crippen molar-refractivity contribution in [3.05, 3.63) is 71.8 Å². The molecule has 0 aliphatic carbocycles. The minimum atomic E-state index is -4.19. The second-order valence-electron chi connectivity index (χ2n) is 8.94. The molecule has 1 unspecified atom stereocenters. The summed E-state index contributed by atoms with van der Waals surface area (Å²) in [7, 11) is -2.65. The predicted octanol–water partition coefficient (Wildman–Crippen LogP) is 1.20. The lowest BCUT2D eigenvalue weighted by Crippen LogP contribution is -2.55. The third kappa shape index (κ3) is 5.87. The van der Waals surface area contributed by atoms with E-state index >= 15 is 0 Å². The molecule has 3 aromatic rings. The molecule has 3 aromatic carbocycles. The molecule has 2 atom stereocenters. The Labute approximate surface area is 220 Å². The quantitative estimate of drug-likeness (QED) is 0.231. The van der Waals surface area contributed by atoms with Gasteiger partial charge in [0, 0.05) is 19.5 Å². The van der Waals surface area contributed by atoms with E-state index in [0.29, 0.717) is 11.1 Å². The average molecular weight is 540 g/mol. The number of carbonyl (C=O) groups excluding carboxylic acids is 1. The smallest absolute Gasteiger partial charge is 0.326 e. The highest BCUT2D eigenvalue weighted by atomic mass is 32.2. The van der Waals surface area contributed by atoms with Crippen LogP contribution in [0, 0.1) is 0 Å². The Kier molecular flexibility index (Phi) is 7.83. The van der Waals surface area contributed by atoms with Gasteiger partial charge in [-0.2, -0.15) is 4.72 Å². The van der Waals surface area contributed by atoms with Crippen molar-refractivity contribution in [2.45, 2.75) is 36.4 Å². The van der Waals surface area contributed by atoms with Gasteiger partial charge in [-0.15, -0.1) is 0 Å². The topological polar surface area (TPSA) is 177 Å². The monoisotopic (exact) mass is 539 g/mol. The maximum atomic E-state index is 13.7. The SMILES string of the molecule is COc1ccc2cc(S(=O)(=O)N[C@@H](CCN=C(N)N)C(=O)N3Cc4ccccc4CC3C(=O)O)ccc2c1. The number of aliphatic imine (C=N–C) groups is 1. The lowest BCUT2D eigenvalue weighted by atomic mass is 9.93. The minimum absolute atomic E-state index is 0.0320.